The van der Waals surface area contributed by atoms with Gasteiger partial charge >= 0.3 is 0 Å². The molecule has 0 unspecified atom stereocenters. The third-order valence-corrected chi connectivity index (χ3v) is 5.31. The first-order chi connectivity index (χ1) is 15.9. The average molecular weight is 449 g/mol. The molecule has 0 aliphatic carbocycles. The van der Waals surface area contributed by atoms with Gasteiger partial charge in [0.05, 0.1) is 11.2 Å². The molecule has 0 amide bonds. The molecule has 0 saturated carbocycles. The molecule has 0 fully saturated rings. The van der Waals surface area contributed by atoms with Crippen LogP contribution >= 0.6 is 0 Å². The topological polar surface area (TPSA) is 57.5 Å². The highest BCUT2D eigenvalue weighted by atomic mass is 19.1. The summed E-state index contributed by atoms with van der Waals surface area (Å²) in [6.07, 6.45) is 0. The van der Waals surface area contributed by atoms with E-state index in [1.807, 2.05) is 16.7 Å². The predicted octanol–water partition coefficient (Wildman–Crippen LogP) is 5.14. The second kappa shape index (κ2) is 9.24. The Labute approximate surface area is 188 Å². The molecule has 4 aromatic rings. The lowest BCUT2D eigenvalue weighted by Gasteiger charge is -2.18. The van der Waals surface area contributed by atoms with Crippen LogP contribution in [0.5, 0.6) is 11.5 Å². The Morgan fingerprint density at radius 2 is 1.64 bits per heavy atom. The van der Waals surface area contributed by atoms with Gasteiger partial charge in [0.1, 0.15) is 19.0 Å². The molecule has 33 heavy (non-hydrogen) atoms. The van der Waals surface area contributed by atoms with Crippen LogP contribution in [0.4, 0.5) is 8.78 Å². The van der Waals surface area contributed by atoms with Crippen LogP contribution in [0.2, 0.25) is 0 Å². The average Bonchev–Trinajstić information content (AvgIpc) is 2.81. The van der Waals surface area contributed by atoms with E-state index in [0.717, 1.165) is 6.07 Å². The summed E-state index contributed by atoms with van der Waals surface area (Å²) in [6, 6.07) is 16.9. The molecule has 0 aliphatic heterocycles. The number of nitrogens with zero attached hydrogens (tertiary/aromatic N) is 1. The van der Waals surface area contributed by atoms with Crippen molar-refractivity contribution in [3.05, 3.63) is 94.2 Å². The quantitative estimate of drug-likeness (QED) is 0.289. The van der Waals surface area contributed by atoms with Gasteiger partial charge in [0, 0.05) is 23.6 Å². The number of para-hydroxylation sites is 1. The maximum absolute atomic E-state index is 14.2. The van der Waals surface area contributed by atoms with E-state index in [4.69, 9.17) is 9.47 Å². The third kappa shape index (κ3) is 4.48. The number of halogens is 2. The minimum Gasteiger partial charge on any atom is -0.487 e. The fraction of sp³-hybridized carbons (Fsp3) is 0.154. The van der Waals surface area contributed by atoms with E-state index < -0.39 is 11.6 Å². The summed E-state index contributed by atoms with van der Waals surface area (Å²) in [4.78, 5) is 24.6. The van der Waals surface area contributed by atoms with Crippen molar-refractivity contribution in [1.29, 1.82) is 0 Å². The maximum Gasteiger partial charge on any atom is 0.231 e. The van der Waals surface area contributed by atoms with Crippen LogP contribution < -0.4 is 14.9 Å². The Balaban J connectivity index is 1.62. The molecular weight excluding hydrogens is 428 g/mol. The molecule has 4 rings (SSSR count). The molecular formula is C26H21F2NO4. The number of ketones is 1. The lowest BCUT2D eigenvalue weighted by Crippen LogP contribution is -2.18. The van der Waals surface area contributed by atoms with Crippen molar-refractivity contribution in [2.45, 2.75) is 6.92 Å². The summed E-state index contributed by atoms with van der Waals surface area (Å²) in [5.74, 6) is -1.22. The van der Waals surface area contributed by atoms with E-state index in [-0.39, 0.29) is 41.5 Å². The van der Waals surface area contributed by atoms with Crippen LogP contribution in [0, 0.1) is 11.6 Å². The Bertz CT molecular complexity index is 1390. The Morgan fingerprint density at radius 1 is 0.939 bits per heavy atom. The Morgan fingerprint density at radius 3 is 2.33 bits per heavy atom. The van der Waals surface area contributed by atoms with E-state index in [9.17, 15) is 18.4 Å². The zero-order chi connectivity index (χ0) is 23.5. The summed E-state index contributed by atoms with van der Waals surface area (Å²) in [7, 11) is 1.80. The van der Waals surface area contributed by atoms with Crippen molar-refractivity contribution in [2.24, 2.45) is 7.05 Å². The van der Waals surface area contributed by atoms with Crippen molar-refractivity contribution in [3.63, 3.8) is 0 Å². The highest BCUT2D eigenvalue weighted by molar-refractivity contribution is 5.94. The molecule has 3 aromatic carbocycles. The lowest BCUT2D eigenvalue weighted by atomic mass is 10.1. The number of aromatic nitrogens is 1. The number of Topliss-reactive ketones (excluding diaryl/α,β-unsaturated/α-hetero) is 1. The molecule has 0 radical (unpaired) electrons. The lowest BCUT2D eigenvalue weighted by molar-refractivity contribution is 0.101. The van der Waals surface area contributed by atoms with Gasteiger partial charge in [-0.3, -0.25) is 9.59 Å². The maximum atomic E-state index is 14.2. The SMILES string of the molecule is CC(=O)c1ccc(OCCOc2c(-c3ccc(F)cc3)n(C)c3ccccc3c2=O)c(F)c1. The van der Waals surface area contributed by atoms with Gasteiger partial charge in [-0.15, -0.1) is 0 Å². The minimum absolute atomic E-state index is 0.0197. The zero-order valence-corrected chi connectivity index (χ0v) is 18.1. The van der Waals surface area contributed by atoms with Crippen molar-refractivity contribution >= 4 is 16.7 Å². The van der Waals surface area contributed by atoms with Gasteiger partial charge < -0.3 is 14.0 Å². The first kappa shape index (κ1) is 22.2. The largest absolute Gasteiger partial charge is 0.487 e. The standard InChI is InChI=1S/C26H21F2NO4/c1-16(30)18-9-12-23(21(28)15-18)32-13-14-33-26-24(17-7-10-19(27)11-8-17)29(2)22-6-4-3-5-20(22)25(26)31/h3-12,15H,13-14H2,1-2H3. The van der Waals surface area contributed by atoms with Gasteiger partial charge in [-0.25, -0.2) is 8.78 Å². The van der Waals surface area contributed by atoms with Crippen molar-refractivity contribution in [2.75, 3.05) is 13.2 Å². The van der Waals surface area contributed by atoms with Crippen LogP contribution in [0.3, 0.4) is 0 Å². The fourth-order valence-corrected chi connectivity index (χ4v) is 3.66. The Hall–Kier alpha value is -4.00. The van der Waals surface area contributed by atoms with E-state index in [1.165, 1.54) is 31.2 Å². The van der Waals surface area contributed by atoms with Gasteiger partial charge in [-0.05, 0) is 61.5 Å². The number of hydrogen-bond acceptors (Lipinski definition) is 4. The summed E-state index contributed by atoms with van der Waals surface area (Å²) in [5.41, 5.74) is 1.76. The molecule has 1 heterocycles. The molecule has 0 atom stereocenters. The number of rotatable bonds is 7. The molecule has 5 nitrogen and oxygen atoms in total. The number of hydrogen-bond donors (Lipinski definition) is 0. The molecule has 0 saturated heterocycles. The molecule has 0 bridgehead atoms. The van der Waals surface area contributed by atoms with Gasteiger partial charge in [0.25, 0.3) is 0 Å². The number of pyridine rings is 1. The summed E-state index contributed by atoms with van der Waals surface area (Å²) in [6.45, 7) is 1.29. The first-order valence-electron chi connectivity index (χ1n) is 10.3. The van der Waals surface area contributed by atoms with E-state index in [2.05, 4.69) is 0 Å². The van der Waals surface area contributed by atoms with Crippen LogP contribution in [-0.2, 0) is 7.05 Å². The third-order valence-electron chi connectivity index (χ3n) is 5.31. The van der Waals surface area contributed by atoms with E-state index in [1.54, 1.807) is 31.3 Å². The number of ether oxygens (including phenoxy) is 2. The van der Waals surface area contributed by atoms with Gasteiger partial charge in [0.15, 0.2) is 23.1 Å². The second-order valence-electron chi connectivity index (χ2n) is 7.49. The summed E-state index contributed by atoms with van der Waals surface area (Å²) < 4.78 is 40.7. The van der Waals surface area contributed by atoms with E-state index >= 15 is 0 Å². The van der Waals surface area contributed by atoms with Crippen molar-refractivity contribution in [1.82, 2.24) is 4.57 Å². The highest BCUT2D eigenvalue weighted by Gasteiger charge is 2.18. The van der Waals surface area contributed by atoms with E-state index in [0.29, 0.717) is 22.2 Å². The number of benzene rings is 3. The van der Waals surface area contributed by atoms with Crippen molar-refractivity contribution < 1.29 is 23.0 Å². The smallest absolute Gasteiger partial charge is 0.231 e. The fourth-order valence-electron chi connectivity index (χ4n) is 3.66. The number of aryl methyl sites for hydroxylation is 1. The van der Waals surface area contributed by atoms with Crippen molar-refractivity contribution in [3.8, 4) is 22.8 Å². The predicted molar refractivity (Wildman–Crippen MR) is 122 cm³/mol. The monoisotopic (exact) mass is 449 g/mol. The molecule has 0 spiro atoms. The summed E-state index contributed by atoms with van der Waals surface area (Å²) >= 11 is 0. The van der Waals surface area contributed by atoms with Crippen LogP contribution in [-0.4, -0.2) is 23.6 Å². The minimum atomic E-state index is -0.656. The number of fused-ring (bicyclic) bond motifs is 1. The van der Waals surface area contributed by atoms with Gasteiger partial charge in [-0.2, -0.15) is 0 Å². The number of carbonyl (C=O) groups excluding carboxylic acids is 1. The second-order valence-corrected chi connectivity index (χ2v) is 7.49. The summed E-state index contributed by atoms with van der Waals surface area (Å²) in [5, 5.41) is 0.479. The highest BCUT2D eigenvalue weighted by Crippen LogP contribution is 2.30. The van der Waals surface area contributed by atoms with Gasteiger partial charge in [0.2, 0.25) is 5.43 Å². The van der Waals surface area contributed by atoms with Gasteiger partial charge in [-0.1, -0.05) is 12.1 Å². The molecule has 1 aromatic heterocycles. The molecule has 7 heteroatoms. The molecule has 0 N–H and O–H groups in total. The first-order valence-corrected chi connectivity index (χ1v) is 10.3. The van der Waals surface area contributed by atoms with Crippen LogP contribution in [0.1, 0.15) is 17.3 Å². The van der Waals surface area contributed by atoms with Crippen LogP contribution in [0.25, 0.3) is 22.2 Å². The zero-order valence-electron chi connectivity index (χ0n) is 18.1. The van der Waals surface area contributed by atoms with Crippen LogP contribution in [0.15, 0.2) is 71.5 Å². The molecule has 0 aliphatic rings. The normalized spacial score (nSPS) is 10.9. The molecule has 168 valence electrons. The number of carbonyl (C=O) groups is 1. The Kier molecular flexibility index (Phi) is 6.22.